The molecule has 0 fully saturated rings. The lowest BCUT2D eigenvalue weighted by molar-refractivity contribution is -0.149. The lowest BCUT2D eigenvalue weighted by atomic mass is 10.2. The van der Waals surface area contributed by atoms with Crippen LogP contribution in [0.2, 0.25) is 5.02 Å². The van der Waals surface area contributed by atoms with Gasteiger partial charge >= 0.3 is 5.97 Å². The smallest absolute Gasteiger partial charge is 0.344 e. The Bertz CT molecular complexity index is 793. The molecule has 0 bridgehead atoms. The molecule has 0 radical (unpaired) electrons. The molecule has 1 aliphatic rings. The van der Waals surface area contributed by atoms with Gasteiger partial charge in [0.2, 0.25) is 0 Å². The van der Waals surface area contributed by atoms with E-state index in [1.165, 1.54) is 0 Å². The summed E-state index contributed by atoms with van der Waals surface area (Å²) in [5, 5.41) is 3.19. The third-order valence-electron chi connectivity index (χ3n) is 3.36. The molecule has 0 spiro atoms. The van der Waals surface area contributed by atoms with Crippen molar-refractivity contribution in [3.05, 3.63) is 47.5 Å². The van der Waals surface area contributed by atoms with Crippen LogP contribution in [0, 0.1) is 0 Å². The van der Waals surface area contributed by atoms with Crippen LogP contribution in [-0.4, -0.2) is 38.3 Å². The molecule has 0 saturated heterocycles. The monoisotopic (exact) mass is 377 g/mol. The molecule has 7 nitrogen and oxygen atoms in total. The number of fused-ring (bicyclic) bond motifs is 1. The average Bonchev–Trinajstić information content (AvgIpc) is 2.66. The summed E-state index contributed by atoms with van der Waals surface area (Å²) in [6, 6.07) is 11.6. The molecule has 0 aliphatic carbocycles. The molecule has 0 unspecified atom stereocenters. The van der Waals surface area contributed by atoms with E-state index < -0.39 is 18.5 Å². The van der Waals surface area contributed by atoms with Gasteiger partial charge in [-0.1, -0.05) is 11.6 Å². The van der Waals surface area contributed by atoms with Crippen molar-refractivity contribution < 1.29 is 28.5 Å². The third kappa shape index (κ3) is 5.03. The van der Waals surface area contributed by atoms with Gasteiger partial charge in [-0.05, 0) is 36.4 Å². The number of ether oxygens (including phenoxy) is 4. The number of carbonyl (C=O) groups excluding carboxylic acids is 2. The predicted molar refractivity (Wildman–Crippen MR) is 94.0 cm³/mol. The Labute approximate surface area is 154 Å². The first-order valence-corrected chi connectivity index (χ1v) is 8.21. The summed E-state index contributed by atoms with van der Waals surface area (Å²) in [6.07, 6.45) is 0. The van der Waals surface area contributed by atoms with Crippen LogP contribution in [0.5, 0.6) is 17.2 Å². The quantitative estimate of drug-likeness (QED) is 0.779. The molecule has 26 heavy (non-hydrogen) atoms. The van der Waals surface area contributed by atoms with Crippen LogP contribution in [0.1, 0.15) is 0 Å². The van der Waals surface area contributed by atoms with Gasteiger partial charge in [0.25, 0.3) is 5.91 Å². The maximum absolute atomic E-state index is 11.9. The van der Waals surface area contributed by atoms with Gasteiger partial charge in [-0.25, -0.2) is 4.79 Å². The highest BCUT2D eigenvalue weighted by molar-refractivity contribution is 6.30. The zero-order chi connectivity index (χ0) is 18.4. The van der Waals surface area contributed by atoms with Gasteiger partial charge in [-0.3, -0.25) is 4.79 Å². The van der Waals surface area contributed by atoms with Crippen molar-refractivity contribution in [1.29, 1.82) is 0 Å². The van der Waals surface area contributed by atoms with E-state index in [0.29, 0.717) is 41.2 Å². The summed E-state index contributed by atoms with van der Waals surface area (Å²) in [7, 11) is 0. The summed E-state index contributed by atoms with van der Waals surface area (Å²) in [6.45, 7) is 0.221. The molecule has 136 valence electrons. The number of hydrogen-bond donors (Lipinski definition) is 1. The van der Waals surface area contributed by atoms with Crippen LogP contribution in [0.15, 0.2) is 42.5 Å². The fraction of sp³-hybridized carbons (Fsp3) is 0.222. The van der Waals surface area contributed by atoms with E-state index in [1.54, 1.807) is 42.5 Å². The highest BCUT2D eigenvalue weighted by Crippen LogP contribution is 2.32. The van der Waals surface area contributed by atoms with E-state index in [9.17, 15) is 9.59 Å². The molecule has 1 N–H and O–H groups in total. The van der Waals surface area contributed by atoms with Gasteiger partial charge in [-0.2, -0.15) is 0 Å². The van der Waals surface area contributed by atoms with Crippen molar-refractivity contribution in [3.63, 3.8) is 0 Å². The highest BCUT2D eigenvalue weighted by Gasteiger charge is 2.14. The molecular formula is C18H16ClNO6. The van der Waals surface area contributed by atoms with E-state index in [0.717, 1.165) is 0 Å². The Morgan fingerprint density at radius 1 is 1.00 bits per heavy atom. The van der Waals surface area contributed by atoms with Crippen molar-refractivity contribution in [2.75, 3.05) is 31.7 Å². The number of nitrogens with one attached hydrogen (secondary N) is 1. The maximum atomic E-state index is 11.9. The molecule has 0 atom stereocenters. The normalized spacial score (nSPS) is 12.2. The van der Waals surface area contributed by atoms with Crippen molar-refractivity contribution in [2.24, 2.45) is 0 Å². The van der Waals surface area contributed by atoms with Gasteiger partial charge in [0, 0.05) is 16.8 Å². The number of benzene rings is 2. The zero-order valence-corrected chi connectivity index (χ0v) is 14.5. The Hall–Kier alpha value is -2.93. The number of anilines is 1. The molecule has 0 saturated carbocycles. The molecule has 8 heteroatoms. The number of carbonyl (C=O) groups is 2. The molecule has 2 aromatic carbocycles. The number of rotatable bonds is 6. The summed E-state index contributed by atoms with van der Waals surface area (Å²) in [5.41, 5.74) is 0.521. The van der Waals surface area contributed by atoms with Crippen LogP contribution in [-0.2, 0) is 14.3 Å². The fourth-order valence-corrected chi connectivity index (χ4v) is 2.30. The van der Waals surface area contributed by atoms with Gasteiger partial charge in [0.1, 0.15) is 19.0 Å². The van der Waals surface area contributed by atoms with Crippen molar-refractivity contribution in [2.45, 2.75) is 0 Å². The Balaban J connectivity index is 1.42. The standard InChI is InChI=1S/C18H16ClNO6/c19-12-1-4-14(5-2-12)25-11-18(22)26-10-17(21)20-13-3-6-15-16(9-13)24-8-7-23-15/h1-6,9H,7-8,10-11H2,(H,20,21). The summed E-state index contributed by atoms with van der Waals surface area (Å²) < 4.78 is 21.0. The molecule has 1 aliphatic heterocycles. The minimum atomic E-state index is -0.655. The zero-order valence-electron chi connectivity index (χ0n) is 13.7. The lowest BCUT2D eigenvalue weighted by Crippen LogP contribution is -2.23. The Morgan fingerprint density at radius 2 is 1.73 bits per heavy atom. The SMILES string of the molecule is O=C(COC(=O)COc1ccc(Cl)cc1)Nc1ccc2c(c1)OCCO2. The van der Waals surface area contributed by atoms with E-state index in [-0.39, 0.29) is 6.61 Å². The lowest BCUT2D eigenvalue weighted by Gasteiger charge is -2.19. The van der Waals surface area contributed by atoms with Gasteiger partial charge in [0.05, 0.1) is 0 Å². The van der Waals surface area contributed by atoms with Crippen LogP contribution in [0.4, 0.5) is 5.69 Å². The van der Waals surface area contributed by atoms with Crippen LogP contribution >= 0.6 is 11.6 Å². The largest absolute Gasteiger partial charge is 0.486 e. The minimum absolute atomic E-state index is 0.307. The fourth-order valence-electron chi connectivity index (χ4n) is 2.18. The summed E-state index contributed by atoms with van der Waals surface area (Å²) >= 11 is 5.76. The first-order chi connectivity index (χ1) is 12.6. The van der Waals surface area contributed by atoms with Crippen LogP contribution in [0.25, 0.3) is 0 Å². The average molecular weight is 378 g/mol. The highest BCUT2D eigenvalue weighted by atomic mass is 35.5. The van der Waals surface area contributed by atoms with Gasteiger partial charge < -0.3 is 24.3 Å². The first-order valence-electron chi connectivity index (χ1n) is 7.83. The van der Waals surface area contributed by atoms with Crippen LogP contribution in [0.3, 0.4) is 0 Å². The minimum Gasteiger partial charge on any atom is -0.486 e. The number of amides is 1. The van der Waals surface area contributed by atoms with E-state index in [4.69, 9.17) is 30.5 Å². The molecular weight excluding hydrogens is 362 g/mol. The molecule has 3 rings (SSSR count). The third-order valence-corrected chi connectivity index (χ3v) is 3.61. The maximum Gasteiger partial charge on any atom is 0.344 e. The predicted octanol–water partition coefficient (Wildman–Crippen LogP) is 2.67. The number of halogens is 1. The second-order valence-corrected chi connectivity index (χ2v) is 5.75. The van der Waals surface area contributed by atoms with E-state index >= 15 is 0 Å². The van der Waals surface area contributed by atoms with Crippen molar-refractivity contribution in [1.82, 2.24) is 0 Å². The molecule has 2 aromatic rings. The topological polar surface area (TPSA) is 83.1 Å². The summed E-state index contributed by atoms with van der Waals surface area (Å²) in [5.74, 6) is 0.535. The van der Waals surface area contributed by atoms with Crippen molar-refractivity contribution >= 4 is 29.2 Å². The van der Waals surface area contributed by atoms with Crippen LogP contribution < -0.4 is 19.5 Å². The van der Waals surface area contributed by atoms with E-state index in [2.05, 4.69) is 5.32 Å². The van der Waals surface area contributed by atoms with Gasteiger partial charge in [0.15, 0.2) is 24.7 Å². The summed E-state index contributed by atoms with van der Waals surface area (Å²) in [4.78, 5) is 23.5. The Kier molecular flexibility index (Phi) is 5.80. The molecule has 1 heterocycles. The Morgan fingerprint density at radius 3 is 2.50 bits per heavy atom. The van der Waals surface area contributed by atoms with Gasteiger partial charge in [-0.15, -0.1) is 0 Å². The number of hydrogen-bond acceptors (Lipinski definition) is 6. The first kappa shape index (κ1) is 17.9. The molecule has 0 aromatic heterocycles. The molecule has 1 amide bonds. The van der Waals surface area contributed by atoms with E-state index in [1.807, 2.05) is 0 Å². The second kappa shape index (κ2) is 8.44. The number of esters is 1. The second-order valence-electron chi connectivity index (χ2n) is 5.31. The van der Waals surface area contributed by atoms with Crippen molar-refractivity contribution in [3.8, 4) is 17.2 Å².